The molecule has 0 radical (unpaired) electrons. The van der Waals surface area contributed by atoms with E-state index in [4.69, 9.17) is 9.72 Å². The van der Waals surface area contributed by atoms with Gasteiger partial charge in [-0.1, -0.05) is 0 Å². The molecule has 1 atom stereocenters. The molecule has 8 heteroatoms. The van der Waals surface area contributed by atoms with Crippen molar-refractivity contribution in [2.24, 2.45) is 5.92 Å². The van der Waals surface area contributed by atoms with Crippen molar-refractivity contribution in [1.29, 1.82) is 0 Å². The van der Waals surface area contributed by atoms with Gasteiger partial charge in [0.05, 0.1) is 31.0 Å². The molecule has 0 aliphatic carbocycles. The van der Waals surface area contributed by atoms with Crippen LogP contribution in [0.25, 0.3) is 0 Å². The van der Waals surface area contributed by atoms with Crippen molar-refractivity contribution in [3.63, 3.8) is 0 Å². The van der Waals surface area contributed by atoms with Crippen LogP contribution < -0.4 is 5.32 Å². The molecular weight excluding hydrogens is 382 g/mol. The average molecular weight is 412 g/mol. The van der Waals surface area contributed by atoms with Crippen LogP contribution in [-0.4, -0.2) is 63.8 Å². The van der Waals surface area contributed by atoms with E-state index in [-0.39, 0.29) is 12.5 Å². The molecule has 2 aliphatic heterocycles. The van der Waals surface area contributed by atoms with Gasteiger partial charge in [-0.15, -0.1) is 0 Å². The molecule has 2 N–H and O–H groups in total. The highest BCUT2D eigenvalue weighted by atomic mass is 16.5. The van der Waals surface area contributed by atoms with Crippen LogP contribution in [0.5, 0.6) is 0 Å². The van der Waals surface area contributed by atoms with Crippen molar-refractivity contribution < 1.29 is 14.6 Å². The maximum absolute atomic E-state index is 11.3. The lowest BCUT2D eigenvalue weighted by Gasteiger charge is -2.43. The fraction of sp³-hybridized carbons (Fsp3) is 0.545. The van der Waals surface area contributed by atoms with E-state index in [0.29, 0.717) is 25.0 Å². The first-order chi connectivity index (χ1) is 14.6. The number of aryl methyl sites for hydroxylation is 2. The van der Waals surface area contributed by atoms with E-state index < -0.39 is 5.97 Å². The van der Waals surface area contributed by atoms with Gasteiger partial charge < -0.3 is 15.2 Å². The molecule has 0 spiro atoms. The van der Waals surface area contributed by atoms with Crippen LogP contribution in [0.3, 0.4) is 0 Å². The summed E-state index contributed by atoms with van der Waals surface area (Å²) >= 11 is 0. The molecule has 4 rings (SSSR count). The molecule has 0 aromatic carbocycles. The summed E-state index contributed by atoms with van der Waals surface area (Å²) in [7, 11) is 0. The molecule has 160 valence electrons. The van der Waals surface area contributed by atoms with Gasteiger partial charge in [-0.05, 0) is 31.9 Å². The SMILES string of the molecule is Cc1ncc([C@@H](CC(=O)O)N2CC(COCCc3ccc4c(n3)CCCN4)C2)cn1. The predicted molar refractivity (Wildman–Crippen MR) is 112 cm³/mol. The van der Waals surface area contributed by atoms with Crippen LogP contribution in [0.4, 0.5) is 5.69 Å². The number of carboxylic acids is 1. The van der Waals surface area contributed by atoms with E-state index in [1.165, 1.54) is 0 Å². The summed E-state index contributed by atoms with van der Waals surface area (Å²) in [6, 6.07) is 4.01. The predicted octanol–water partition coefficient (Wildman–Crippen LogP) is 2.25. The zero-order valence-corrected chi connectivity index (χ0v) is 17.4. The Morgan fingerprint density at radius 2 is 2.13 bits per heavy atom. The Morgan fingerprint density at radius 3 is 2.90 bits per heavy atom. The number of likely N-dealkylation sites (tertiary alicyclic amines) is 1. The van der Waals surface area contributed by atoms with Gasteiger partial charge in [0, 0.05) is 61.7 Å². The van der Waals surface area contributed by atoms with Crippen molar-refractivity contribution in [3.8, 4) is 0 Å². The van der Waals surface area contributed by atoms with E-state index in [0.717, 1.165) is 61.5 Å². The molecule has 1 fully saturated rings. The number of aliphatic carboxylic acids is 1. The third kappa shape index (κ3) is 5.12. The standard InChI is InChI=1S/C22H29N5O3/c1-15-24-10-17(11-25-15)21(9-22(28)29)27-12-16(13-27)14-30-8-6-18-4-5-19-20(26-18)3-2-7-23-19/h4-5,10-11,16,21,23H,2-3,6-9,12-14H2,1H3,(H,28,29)/t21-/m1/s1. The smallest absolute Gasteiger partial charge is 0.305 e. The Hall–Kier alpha value is -2.58. The van der Waals surface area contributed by atoms with Crippen molar-refractivity contribution >= 4 is 11.7 Å². The molecule has 2 aliphatic rings. The molecule has 0 amide bonds. The zero-order chi connectivity index (χ0) is 20.9. The third-order valence-electron chi connectivity index (χ3n) is 5.77. The van der Waals surface area contributed by atoms with Gasteiger partial charge in [0.1, 0.15) is 5.82 Å². The van der Waals surface area contributed by atoms with E-state index in [1.807, 2.05) is 6.92 Å². The zero-order valence-electron chi connectivity index (χ0n) is 17.4. The maximum Gasteiger partial charge on any atom is 0.305 e. The van der Waals surface area contributed by atoms with Crippen molar-refractivity contribution in [1.82, 2.24) is 19.9 Å². The first-order valence-corrected chi connectivity index (χ1v) is 10.6. The molecule has 0 saturated carbocycles. The minimum atomic E-state index is -0.812. The Bertz CT molecular complexity index is 868. The topological polar surface area (TPSA) is 100 Å². The molecule has 1 saturated heterocycles. The third-order valence-corrected chi connectivity index (χ3v) is 5.77. The number of hydrogen-bond acceptors (Lipinski definition) is 7. The first kappa shape index (κ1) is 20.7. The molecule has 0 bridgehead atoms. The van der Waals surface area contributed by atoms with Crippen LogP contribution in [0, 0.1) is 12.8 Å². The number of ether oxygens (including phenoxy) is 1. The number of hydrogen-bond donors (Lipinski definition) is 2. The summed E-state index contributed by atoms with van der Waals surface area (Å²) in [6.45, 7) is 5.85. The lowest BCUT2D eigenvalue weighted by atomic mass is 9.94. The number of fused-ring (bicyclic) bond motifs is 1. The molecule has 8 nitrogen and oxygen atoms in total. The minimum absolute atomic E-state index is 0.0544. The van der Waals surface area contributed by atoms with E-state index in [2.05, 4.69) is 32.3 Å². The number of nitrogens with zero attached hydrogens (tertiary/aromatic N) is 4. The number of aromatic nitrogens is 3. The Kier molecular flexibility index (Phi) is 6.54. The van der Waals surface area contributed by atoms with E-state index in [1.54, 1.807) is 12.4 Å². The number of carboxylic acid groups (broad SMARTS) is 1. The lowest BCUT2D eigenvalue weighted by molar-refractivity contribution is -0.139. The van der Waals surface area contributed by atoms with Crippen LogP contribution in [-0.2, 0) is 22.4 Å². The summed E-state index contributed by atoms with van der Waals surface area (Å²) < 4.78 is 5.89. The summed E-state index contributed by atoms with van der Waals surface area (Å²) in [4.78, 5) is 26.7. The molecular formula is C22H29N5O3. The van der Waals surface area contributed by atoms with Gasteiger partial charge in [-0.3, -0.25) is 14.7 Å². The summed E-state index contributed by atoms with van der Waals surface area (Å²) in [5.74, 6) is 0.300. The highest BCUT2D eigenvalue weighted by Crippen LogP contribution is 2.31. The highest BCUT2D eigenvalue weighted by molar-refractivity contribution is 5.67. The van der Waals surface area contributed by atoms with Gasteiger partial charge in [0.2, 0.25) is 0 Å². The van der Waals surface area contributed by atoms with Gasteiger partial charge in [-0.25, -0.2) is 9.97 Å². The van der Waals surface area contributed by atoms with E-state index in [9.17, 15) is 9.90 Å². The largest absolute Gasteiger partial charge is 0.481 e. The second kappa shape index (κ2) is 9.49. The Morgan fingerprint density at radius 1 is 1.33 bits per heavy atom. The van der Waals surface area contributed by atoms with Gasteiger partial charge in [0.15, 0.2) is 0 Å². The maximum atomic E-state index is 11.3. The molecule has 2 aromatic rings. The number of rotatable bonds is 9. The van der Waals surface area contributed by atoms with Gasteiger partial charge in [-0.2, -0.15) is 0 Å². The van der Waals surface area contributed by atoms with Crippen LogP contribution in [0.15, 0.2) is 24.5 Å². The fourth-order valence-electron chi connectivity index (χ4n) is 4.11. The summed E-state index contributed by atoms with van der Waals surface area (Å²) in [5, 5.41) is 12.7. The van der Waals surface area contributed by atoms with Gasteiger partial charge in [0.25, 0.3) is 0 Å². The number of pyridine rings is 1. The minimum Gasteiger partial charge on any atom is -0.481 e. The van der Waals surface area contributed by atoms with Crippen LogP contribution >= 0.6 is 0 Å². The van der Waals surface area contributed by atoms with E-state index >= 15 is 0 Å². The molecule has 0 unspecified atom stereocenters. The summed E-state index contributed by atoms with van der Waals surface area (Å²) in [5.41, 5.74) is 4.26. The normalized spacial score (nSPS) is 17.6. The quantitative estimate of drug-likeness (QED) is 0.606. The number of anilines is 1. The fourth-order valence-corrected chi connectivity index (χ4v) is 4.11. The van der Waals surface area contributed by atoms with Crippen molar-refractivity contribution in [3.05, 3.63) is 47.3 Å². The first-order valence-electron chi connectivity index (χ1n) is 10.6. The molecule has 4 heterocycles. The number of nitrogens with one attached hydrogen (secondary N) is 1. The monoisotopic (exact) mass is 411 g/mol. The Balaban J connectivity index is 1.21. The van der Waals surface area contributed by atoms with Crippen LogP contribution in [0.2, 0.25) is 0 Å². The van der Waals surface area contributed by atoms with Crippen molar-refractivity contribution in [2.75, 3.05) is 38.2 Å². The van der Waals surface area contributed by atoms with Crippen molar-refractivity contribution in [2.45, 2.75) is 38.6 Å². The second-order valence-corrected chi connectivity index (χ2v) is 8.15. The second-order valence-electron chi connectivity index (χ2n) is 8.15. The highest BCUT2D eigenvalue weighted by Gasteiger charge is 2.34. The summed E-state index contributed by atoms with van der Waals surface area (Å²) in [6.07, 6.45) is 6.51. The lowest BCUT2D eigenvalue weighted by Crippen LogP contribution is -2.50. The van der Waals surface area contributed by atoms with Gasteiger partial charge >= 0.3 is 5.97 Å². The molecule has 30 heavy (non-hydrogen) atoms. The number of carbonyl (C=O) groups is 1. The van der Waals surface area contributed by atoms with Crippen LogP contribution in [0.1, 0.15) is 41.7 Å². The Labute approximate surface area is 176 Å². The molecule has 2 aromatic heterocycles. The average Bonchev–Trinajstić information content (AvgIpc) is 2.71.